The molecule has 7 nitrogen and oxygen atoms in total. The maximum Gasteiger partial charge on any atom is 0.270 e. The van der Waals surface area contributed by atoms with Crippen molar-refractivity contribution in [3.8, 4) is 11.1 Å². The second-order valence-electron chi connectivity index (χ2n) is 6.89. The first-order valence-corrected chi connectivity index (χ1v) is 9.34. The summed E-state index contributed by atoms with van der Waals surface area (Å²) in [5.74, 6) is -2.91. The van der Waals surface area contributed by atoms with E-state index >= 15 is 0 Å². The Hall–Kier alpha value is -3.27. The van der Waals surface area contributed by atoms with Crippen LogP contribution in [0.4, 0.5) is 30.8 Å². The van der Waals surface area contributed by atoms with Crippen molar-refractivity contribution in [1.82, 2.24) is 20.2 Å². The lowest BCUT2D eigenvalue weighted by molar-refractivity contribution is 0.0175. The van der Waals surface area contributed by atoms with Crippen LogP contribution in [0.25, 0.3) is 11.1 Å². The largest absolute Gasteiger partial charge is 0.378 e. The summed E-state index contributed by atoms with van der Waals surface area (Å²) in [5.41, 5.74) is 1.24. The van der Waals surface area contributed by atoms with Crippen LogP contribution in [0, 0.1) is 5.82 Å². The van der Waals surface area contributed by atoms with E-state index in [1.54, 1.807) is 18.2 Å². The molecule has 10 heteroatoms. The SMILES string of the molecule is CC(F)(F)c1ccc(-c2cnnc(Nc3nc(N4CCOCC4)ncc3F)c2)cc1. The molecule has 156 valence electrons. The molecule has 1 N–H and O–H groups in total. The van der Waals surface area contributed by atoms with Gasteiger partial charge in [-0.25, -0.2) is 18.2 Å². The number of ether oxygens (including phenoxy) is 1. The number of benzene rings is 1. The molecule has 0 amide bonds. The summed E-state index contributed by atoms with van der Waals surface area (Å²) in [4.78, 5) is 10.2. The summed E-state index contributed by atoms with van der Waals surface area (Å²) in [5, 5.41) is 10.7. The Labute approximate surface area is 170 Å². The Morgan fingerprint density at radius 1 is 1.07 bits per heavy atom. The summed E-state index contributed by atoms with van der Waals surface area (Å²) in [7, 11) is 0. The van der Waals surface area contributed by atoms with Crippen LogP contribution in [0.3, 0.4) is 0 Å². The number of hydrogen-bond acceptors (Lipinski definition) is 7. The minimum atomic E-state index is -2.91. The van der Waals surface area contributed by atoms with Gasteiger partial charge in [-0.1, -0.05) is 24.3 Å². The molecule has 3 aromatic rings. The third-order valence-corrected chi connectivity index (χ3v) is 4.65. The number of anilines is 3. The molecule has 1 aliphatic heterocycles. The monoisotopic (exact) mass is 416 g/mol. The van der Waals surface area contributed by atoms with Crippen molar-refractivity contribution in [3.63, 3.8) is 0 Å². The number of nitrogens with zero attached hydrogens (tertiary/aromatic N) is 5. The number of halogens is 3. The molecular formula is C20H19F3N6O. The zero-order valence-electron chi connectivity index (χ0n) is 16.1. The Morgan fingerprint density at radius 3 is 2.50 bits per heavy atom. The maximum atomic E-state index is 14.3. The standard InChI is InChI=1S/C20H19F3N6O/c1-20(22,23)15-4-2-13(3-5-15)14-10-17(28-25-11-14)26-18-16(21)12-24-19(27-18)29-6-8-30-9-7-29/h2-5,10-12H,6-9H2,1H3,(H,24,26,27,28). The van der Waals surface area contributed by atoms with E-state index < -0.39 is 11.7 Å². The Kier molecular flexibility index (Phi) is 5.49. The first-order chi connectivity index (χ1) is 14.4. The van der Waals surface area contributed by atoms with Gasteiger partial charge in [-0.2, -0.15) is 10.1 Å². The molecule has 30 heavy (non-hydrogen) atoms. The predicted octanol–water partition coefficient (Wildman–Crippen LogP) is 3.76. The van der Waals surface area contributed by atoms with Gasteiger partial charge in [0.2, 0.25) is 5.95 Å². The molecule has 0 bridgehead atoms. The molecule has 0 unspecified atom stereocenters. The molecular weight excluding hydrogens is 397 g/mol. The fourth-order valence-electron chi connectivity index (χ4n) is 3.02. The second-order valence-corrected chi connectivity index (χ2v) is 6.89. The molecule has 4 rings (SSSR count). The molecule has 3 heterocycles. The van der Waals surface area contributed by atoms with Crippen molar-refractivity contribution in [2.24, 2.45) is 0 Å². The summed E-state index contributed by atoms with van der Waals surface area (Å²) >= 11 is 0. The highest BCUT2D eigenvalue weighted by Crippen LogP contribution is 2.29. The molecule has 1 saturated heterocycles. The highest BCUT2D eigenvalue weighted by Gasteiger charge is 2.23. The van der Waals surface area contributed by atoms with Gasteiger partial charge in [0.15, 0.2) is 17.5 Å². The number of morpholine rings is 1. The second kappa shape index (κ2) is 8.23. The van der Waals surface area contributed by atoms with Crippen molar-refractivity contribution in [2.45, 2.75) is 12.8 Å². The fraction of sp³-hybridized carbons (Fsp3) is 0.300. The minimum Gasteiger partial charge on any atom is -0.378 e. The lowest BCUT2D eigenvalue weighted by Gasteiger charge is -2.26. The van der Waals surface area contributed by atoms with Crippen LogP contribution < -0.4 is 10.2 Å². The third-order valence-electron chi connectivity index (χ3n) is 4.65. The quantitative estimate of drug-likeness (QED) is 0.679. The number of rotatable bonds is 5. The molecule has 0 radical (unpaired) electrons. The normalized spacial score (nSPS) is 14.6. The minimum absolute atomic E-state index is 0.0288. The summed E-state index contributed by atoms with van der Waals surface area (Å²) in [6, 6.07) is 7.52. The van der Waals surface area contributed by atoms with Crippen LogP contribution in [0.5, 0.6) is 0 Å². The van der Waals surface area contributed by atoms with Gasteiger partial charge in [-0.15, -0.1) is 5.10 Å². The van der Waals surface area contributed by atoms with Crippen LogP contribution in [-0.4, -0.2) is 46.5 Å². The van der Waals surface area contributed by atoms with Crippen LogP contribution in [-0.2, 0) is 10.7 Å². The Bertz CT molecular complexity index is 1020. The van der Waals surface area contributed by atoms with E-state index in [4.69, 9.17) is 4.74 Å². The predicted molar refractivity (Wildman–Crippen MR) is 105 cm³/mol. The van der Waals surface area contributed by atoms with E-state index in [0.29, 0.717) is 43.4 Å². The van der Waals surface area contributed by atoms with Gasteiger partial charge in [0, 0.05) is 31.1 Å². The van der Waals surface area contributed by atoms with Crippen molar-refractivity contribution < 1.29 is 17.9 Å². The van der Waals surface area contributed by atoms with Crippen molar-refractivity contribution in [3.05, 3.63) is 54.1 Å². The zero-order chi connectivity index (χ0) is 21.1. The average Bonchev–Trinajstić information content (AvgIpc) is 2.76. The summed E-state index contributed by atoms with van der Waals surface area (Å²) < 4.78 is 46.4. The van der Waals surface area contributed by atoms with E-state index in [2.05, 4.69) is 25.5 Å². The van der Waals surface area contributed by atoms with Gasteiger partial charge in [0.05, 0.1) is 25.6 Å². The van der Waals surface area contributed by atoms with Gasteiger partial charge in [-0.3, -0.25) is 0 Å². The molecule has 1 aliphatic rings. The van der Waals surface area contributed by atoms with Gasteiger partial charge in [0.1, 0.15) is 0 Å². The van der Waals surface area contributed by atoms with Crippen molar-refractivity contribution in [1.29, 1.82) is 0 Å². The van der Waals surface area contributed by atoms with Gasteiger partial charge in [-0.05, 0) is 11.6 Å². The third kappa shape index (κ3) is 4.48. The molecule has 1 aromatic carbocycles. The molecule has 0 aliphatic carbocycles. The lowest BCUT2D eigenvalue weighted by atomic mass is 10.0. The smallest absolute Gasteiger partial charge is 0.270 e. The summed E-state index contributed by atoms with van der Waals surface area (Å²) in [6.45, 7) is 3.19. The van der Waals surface area contributed by atoms with Crippen molar-refractivity contribution >= 4 is 17.6 Å². The Balaban J connectivity index is 1.56. The van der Waals surface area contributed by atoms with E-state index in [-0.39, 0.29) is 17.2 Å². The molecule has 0 saturated carbocycles. The first kappa shape index (κ1) is 20.0. The highest BCUT2D eigenvalue weighted by molar-refractivity contribution is 5.67. The topological polar surface area (TPSA) is 76.1 Å². The van der Waals surface area contributed by atoms with Crippen LogP contribution in [0.15, 0.2) is 42.7 Å². The molecule has 2 aromatic heterocycles. The number of nitrogens with one attached hydrogen (secondary N) is 1. The van der Waals surface area contributed by atoms with Crippen LogP contribution >= 0.6 is 0 Å². The first-order valence-electron chi connectivity index (χ1n) is 9.34. The van der Waals surface area contributed by atoms with E-state index in [1.165, 1.54) is 18.3 Å². The van der Waals surface area contributed by atoms with Gasteiger partial charge >= 0.3 is 0 Å². The Morgan fingerprint density at radius 2 is 1.80 bits per heavy atom. The number of aromatic nitrogens is 4. The highest BCUT2D eigenvalue weighted by atomic mass is 19.3. The summed E-state index contributed by atoms with van der Waals surface area (Å²) in [6.07, 6.45) is 2.60. The van der Waals surface area contributed by atoms with E-state index in [1.807, 2.05) is 4.90 Å². The maximum absolute atomic E-state index is 14.3. The number of hydrogen-bond donors (Lipinski definition) is 1. The fourth-order valence-corrected chi connectivity index (χ4v) is 3.02. The molecule has 1 fully saturated rings. The number of alkyl halides is 2. The van der Waals surface area contributed by atoms with Crippen molar-refractivity contribution in [2.75, 3.05) is 36.5 Å². The zero-order valence-corrected chi connectivity index (χ0v) is 16.1. The van der Waals surface area contributed by atoms with Crippen LogP contribution in [0.1, 0.15) is 12.5 Å². The van der Waals surface area contributed by atoms with Gasteiger partial charge < -0.3 is 15.0 Å². The van der Waals surface area contributed by atoms with E-state index in [9.17, 15) is 13.2 Å². The lowest BCUT2D eigenvalue weighted by Crippen LogP contribution is -2.37. The average molecular weight is 416 g/mol. The van der Waals surface area contributed by atoms with Crippen LogP contribution in [0.2, 0.25) is 0 Å². The van der Waals surface area contributed by atoms with Gasteiger partial charge in [0.25, 0.3) is 5.92 Å². The molecule has 0 atom stereocenters. The van der Waals surface area contributed by atoms with E-state index in [0.717, 1.165) is 13.1 Å². The molecule has 0 spiro atoms.